The van der Waals surface area contributed by atoms with Gasteiger partial charge in [-0.2, -0.15) is 0 Å². The number of piperidine rings is 1. The molecule has 3 N–H and O–H groups in total. The summed E-state index contributed by atoms with van der Waals surface area (Å²) in [6.07, 6.45) is 4.95. The van der Waals surface area contributed by atoms with Crippen LogP contribution in [-0.4, -0.2) is 33.5 Å². The van der Waals surface area contributed by atoms with Gasteiger partial charge in [-0.25, -0.2) is 13.1 Å². The van der Waals surface area contributed by atoms with Gasteiger partial charge in [0.05, 0.1) is 4.90 Å². The van der Waals surface area contributed by atoms with Crippen molar-refractivity contribution < 1.29 is 13.2 Å². The van der Waals surface area contributed by atoms with Crippen LogP contribution in [0.3, 0.4) is 0 Å². The molecule has 0 bridgehead atoms. The zero-order valence-corrected chi connectivity index (χ0v) is 16.4. The molecule has 144 valence electrons. The predicted molar refractivity (Wildman–Crippen MR) is 103 cm³/mol. The van der Waals surface area contributed by atoms with E-state index in [1.165, 1.54) is 0 Å². The lowest BCUT2D eigenvalue weighted by atomic mass is 9.85. The summed E-state index contributed by atoms with van der Waals surface area (Å²) in [5.41, 5.74) is 1.45. The van der Waals surface area contributed by atoms with Crippen molar-refractivity contribution in [3.05, 3.63) is 23.8 Å². The Morgan fingerprint density at radius 2 is 1.88 bits per heavy atom. The molecule has 6 nitrogen and oxygen atoms in total. The van der Waals surface area contributed by atoms with Crippen molar-refractivity contribution in [2.24, 2.45) is 11.8 Å². The van der Waals surface area contributed by atoms with Gasteiger partial charge in [0.15, 0.2) is 0 Å². The number of rotatable bonds is 6. The maximum absolute atomic E-state index is 12.7. The Morgan fingerprint density at radius 3 is 2.46 bits per heavy atom. The molecule has 0 aromatic heterocycles. The number of sulfonamides is 1. The van der Waals surface area contributed by atoms with Crippen LogP contribution in [0.2, 0.25) is 0 Å². The van der Waals surface area contributed by atoms with Crippen molar-refractivity contribution in [3.8, 4) is 0 Å². The van der Waals surface area contributed by atoms with Gasteiger partial charge in [0, 0.05) is 17.6 Å². The zero-order valence-electron chi connectivity index (χ0n) is 15.5. The van der Waals surface area contributed by atoms with Crippen LogP contribution in [0.25, 0.3) is 0 Å². The summed E-state index contributed by atoms with van der Waals surface area (Å²) in [5, 5.41) is 6.22. The van der Waals surface area contributed by atoms with Crippen molar-refractivity contribution >= 4 is 21.6 Å². The van der Waals surface area contributed by atoms with Gasteiger partial charge in [0.2, 0.25) is 15.9 Å². The molecular weight excluding hydrogens is 350 g/mol. The first-order chi connectivity index (χ1) is 12.4. The molecule has 0 spiro atoms. The molecule has 0 radical (unpaired) electrons. The number of carbonyl (C=O) groups is 1. The highest BCUT2D eigenvalue weighted by atomic mass is 32.2. The third kappa shape index (κ3) is 4.45. The van der Waals surface area contributed by atoms with E-state index in [4.69, 9.17) is 0 Å². The summed E-state index contributed by atoms with van der Waals surface area (Å²) in [6, 6.07) is 4.80. The molecule has 2 fully saturated rings. The topological polar surface area (TPSA) is 87.3 Å². The third-order valence-corrected chi connectivity index (χ3v) is 7.23. The monoisotopic (exact) mass is 379 g/mol. The van der Waals surface area contributed by atoms with E-state index >= 15 is 0 Å². The molecule has 1 aliphatic heterocycles. The Morgan fingerprint density at radius 1 is 1.19 bits per heavy atom. The van der Waals surface area contributed by atoms with Gasteiger partial charge in [-0.15, -0.1) is 0 Å². The fourth-order valence-corrected chi connectivity index (χ4v) is 5.00. The number of hydrogen-bond donors (Lipinski definition) is 3. The van der Waals surface area contributed by atoms with Crippen molar-refractivity contribution in [2.45, 2.75) is 56.9 Å². The molecule has 1 heterocycles. The van der Waals surface area contributed by atoms with Crippen LogP contribution >= 0.6 is 0 Å². The Kier molecular flexibility index (Phi) is 5.99. The zero-order chi connectivity index (χ0) is 18.7. The SMILES string of the molecule is Cc1cc(S(=O)(=O)N[C@H](C)C2CCNCC2)ccc1NC(=O)C1CCC1. The molecule has 26 heavy (non-hydrogen) atoms. The van der Waals surface area contributed by atoms with Crippen molar-refractivity contribution in [2.75, 3.05) is 18.4 Å². The van der Waals surface area contributed by atoms with E-state index in [1.807, 2.05) is 13.8 Å². The number of hydrogen-bond acceptors (Lipinski definition) is 4. The van der Waals surface area contributed by atoms with Gasteiger partial charge in [-0.1, -0.05) is 6.42 Å². The van der Waals surface area contributed by atoms with E-state index in [2.05, 4.69) is 15.4 Å². The van der Waals surface area contributed by atoms with Crippen LogP contribution in [0.4, 0.5) is 5.69 Å². The number of anilines is 1. The Balaban J connectivity index is 1.67. The number of aryl methyl sites for hydroxylation is 1. The average Bonchev–Trinajstić information content (AvgIpc) is 2.55. The number of benzene rings is 1. The lowest BCUT2D eigenvalue weighted by molar-refractivity contribution is -0.122. The van der Waals surface area contributed by atoms with Crippen LogP contribution in [0.5, 0.6) is 0 Å². The number of amides is 1. The lowest BCUT2D eigenvalue weighted by Gasteiger charge is -2.28. The highest BCUT2D eigenvalue weighted by molar-refractivity contribution is 7.89. The second-order valence-electron chi connectivity index (χ2n) is 7.59. The Labute approximate surface area is 156 Å². The minimum atomic E-state index is -3.57. The molecule has 1 atom stereocenters. The number of carbonyl (C=O) groups excluding carboxylic acids is 1. The van der Waals surface area contributed by atoms with Crippen LogP contribution in [0, 0.1) is 18.8 Å². The molecule has 2 aliphatic rings. The second-order valence-corrected chi connectivity index (χ2v) is 9.31. The standard InChI is InChI=1S/C19H29N3O3S/c1-13-12-17(6-7-18(13)21-19(23)16-4-3-5-16)26(24,25)22-14(2)15-8-10-20-11-9-15/h6-7,12,14-16,20,22H,3-5,8-11H2,1-2H3,(H,21,23)/t14-/m1/s1. The van der Waals surface area contributed by atoms with Gasteiger partial charge in [0.1, 0.15) is 0 Å². The lowest BCUT2D eigenvalue weighted by Crippen LogP contribution is -2.42. The van der Waals surface area contributed by atoms with Crippen LogP contribution < -0.4 is 15.4 Å². The second kappa shape index (κ2) is 8.06. The van der Waals surface area contributed by atoms with Crippen LogP contribution in [0.15, 0.2) is 23.1 Å². The van der Waals surface area contributed by atoms with Crippen molar-refractivity contribution in [1.29, 1.82) is 0 Å². The summed E-state index contributed by atoms with van der Waals surface area (Å²) in [6.45, 7) is 5.63. The number of nitrogens with one attached hydrogen (secondary N) is 3. The first kappa shape index (κ1) is 19.3. The molecule has 1 saturated heterocycles. The average molecular weight is 380 g/mol. The van der Waals surface area contributed by atoms with E-state index in [0.717, 1.165) is 50.8 Å². The van der Waals surface area contributed by atoms with Gasteiger partial charge in [-0.3, -0.25) is 4.79 Å². The first-order valence-corrected chi connectivity index (χ1v) is 11.0. The summed E-state index contributed by atoms with van der Waals surface area (Å²) < 4.78 is 28.3. The molecule has 1 aromatic carbocycles. The smallest absolute Gasteiger partial charge is 0.240 e. The van der Waals surface area contributed by atoms with Crippen molar-refractivity contribution in [1.82, 2.24) is 10.0 Å². The van der Waals surface area contributed by atoms with Gasteiger partial charge in [-0.05, 0) is 82.3 Å². The highest BCUT2D eigenvalue weighted by Crippen LogP contribution is 2.29. The van der Waals surface area contributed by atoms with E-state index in [1.54, 1.807) is 18.2 Å². The van der Waals surface area contributed by atoms with Crippen molar-refractivity contribution in [3.63, 3.8) is 0 Å². The van der Waals surface area contributed by atoms with Crippen LogP contribution in [0.1, 0.15) is 44.6 Å². The Hall–Kier alpha value is -1.44. The normalized spacial score (nSPS) is 20.4. The summed E-state index contributed by atoms with van der Waals surface area (Å²) in [7, 11) is -3.57. The van der Waals surface area contributed by atoms with E-state index < -0.39 is 10.0 Å². The fraction of sp³-hybridized carbons (Fsp3) is 0.632. The van der Waals surface area contributed by atoms with E-state index in [-0.39, 0.29) is 22.8 Å². The van der Waals surface area contributed by atoms with Gasteiger partial charge in [0.25, 0.3) is 0 Å². The van der Waals surface area contributed by atoms with E-state index in [0.29, 0.717) is 11.6 Å². The maximum Gasteiger partial charge on any atom is 0.240 e. The molecule has 1 aromatic rings. The summed E-state index contributed by atoms with van der Waals surface area (Å²) in [4.78, 5) is 12.4. The predicted octanol–water partition coefficient (Wildman–Crippen LogP) is 2.40. The maximum atomic E-state index is 12.7. The quantitative estimate of drug-likeness (QED) is 0.708. The molecular formula is C19H29N3O3S. The highest BCUT2D eigenvalue weighted by Gasteiger charge is 2.27. The Bertz CT molecular complexity index is 753. The first-order valence-electron chi connectivity index (χ1n) is 9.51. The molecule has 0 unspecified atom stereocenters. The largest absolute Gasteiger partial charge is 0.326 e. The molecule has 1 amide bonds. The summed E-state index contributed by atoms with van der Waals surface area (Å²) >= 11 is 0. The van der Waals surface area contributed by atoms with Gasteiger partial charge >= 0.3 is 0 Å². The minimum Gasteiger partial charge on any atom is -0.326 e. The molecule has 1 aliphatic carbocycles. The van der Waals surface area contributed by atoms with E-state index in [9.17, 15) is 13.2 Å². The minimum absolute atomic E-state index is 0.0348. The molecule has 3 rings (SSSR count). The fourth-order valence-electron chi connectivity index (χ4n) is 3.60. The molecule has 1 saturated carbocycles. The summed E-state index contributed by atoms with van der Waals surface area (Å²) in [5.74, 6) is 0.492. The third-order valence-electron chi connectivity index (χ3n) is 5.67. The van der Waals surface area contributed by atoms with Crippen LogP contribution in [-0.2, 0) is 14.8 Å². The molecule has 7 heteroatoms. The van der Waals surface area contributed by atoms with Gasteiger partial charge < -0.3 is 10.6 Å².